The highest BCUT2D eigenvalue weighted by Crippen LogP contribution is 2.32. The Morgan fingerprint density at radius 3 is 2.27 bits per heavy atom. The predicted molar refractivity (Wildman–Crippen MR) is 72.2 cm³/mol. The van der Waals surface area contributed by atoms with Crippen LogP contribution in [0.4, 0.5) is 13.2 Å². The van der Waals surface area contributed by atoms with E-state index in [4.69, 9.17) is 4.74 Å². The number of hydrogen-bond acceptors (Lipinski definition) is 5. The normalized spacial score (nSPS) is 23.3. The molecule has 0 atom stereocenters. The molecule has 5 nitrogen and oxygen atoms in total. The summed E-state index contributed by atoms with van der Waals surface area (Å²) in [4.78, 5) is 11.7. The minimum atomic E-state index is -5.53. The van der Waals surface area contributed by atoms with Crippen LogP contribution in [-0.2, 0) is 23.8 Å². The standard InChI is InChI=1S/C13H21F3O5S/c1-2-3-8-20-12(17)11-6-4-10(5-7-11)9-21-22(18,19)13(14,15)16/h10-11H,2-9H2,1H3/t10-,11+. The van der Waals surface area contributed by atoms with E-state index in [9.17, 15) is 26.4 Å². The van der Waals surface area contributed by atoms with Crippen molar-refractivity contribution >= 4 is 16.1 Å². The van der Waals surface area contributed by atoms with Crippen molar-refractivity contribution in [1.29, 1.82) is 0 Å². The molecule has 130 valence electrons. The minimum Gasteiger partial charge on any atom is -0.465 e. The summed E-state index contributed by atoms with van der Waals surface area (Å²) in [5.74, 6) is -0.833. The molecule has 0 heterocycles. The van der Waals surface area contributed by atoms with E-state index >= 15 is 0 Å². The molecule has 1 aliphatic rings. The molecule has 0 amide bonds. The van der Waals surface area contributed by atoms with Crippen LogP contribution >= 0.6 is 0 Å². The highest BCUT2D eigenvalue weighted by Gasteiger charge is 2.47. The zero-order valence-electron chi connectivity index (χ0n) is 12.4. The molecule has 0 spiro atoms. The van der Waals surface area contributed by atoms with Gasteiger partial charge in [-0.3, -0.25) is 8.98 Å². The van der Waals surface area contributed by atoms with Crippen LogP contribution in [0.5, 0.6) is 0 Å². The highest BCUT2D eigenvalue weighted by molar-refractivity contribution is 7.87. The zero-order valence-corrected chi connectivity index (χ0v) is 13.2. The topological polar surface area (TPSA) is 69.7 Å². The third-order valence-electron chi connectivity index (χ3n) is 3.66. The third kappa shape index (κ3) is 5.75. The lowest BCUT2D eigenvalue weighted by Crippen LogP contribution is -2.30. The molecule has 1 saturated carbocycles. The molecule has 0 aromatic carbocycles. The lowest BCUT2D eigenvalue weighted by atomic mass is 9.82. The largest absolute Gasteiger partial charge is 0.523 e. The third-order valence-corrected chi connectivity index (χ3v) is 4.68. The molecule has 0 bridgehead atoms. The molecule has 1 fully saturated rings. The Balaban J connectivity index is 2.33. The van der Waals surface area contributed by atoms with Crippen molar-refractivity contribution in [3.05, 3.63) is 0 Å². The minimum absolute atomic E-state index is 0.257. The summed E-state index contributed by atoms with van der Waals surface area (Å²) in [5.41, 5.74) is -5.40. The van der Waals surface area contributed by atoms with Crippen LogP contribution in [0.25, 0.3) is 0 Å². The van der Waals surface area contributed by atoms with Crippen molar-refractivity contribution in [2.24, 2.45) is 11.8 Å². The molecule has 0 aromatic heterocycles. The number of unbranched alkanes of at least 4 members (excludes halogenated alkanes) is 1. The molecule has 1 aliphatic carbocycles. The van der Waals surface area contributed by atoms with Crippen molar-refractivity contribution in [3.8, 4) is 0 Å². The number of alkyl halides is 3. The number of carbonyl (C=O) groups excluding carboxylic acids is 1. The van der Waals surface area contributed by atoms with Crippen molar-refractivity contribution in [2.45, 2.75) is 51.0 Å². The summed E-state index contributed by atoms with van der Waals surface area (Å²) in [6.45, 7) is 1.86. The molecule has 0 aliphatic heterocycles. The molecule has 0 saturated heterocycles. The van der Waals surface area contributed by atoms with E-state index in [0.717, 1.165) is 12.8 Å². The van der Waals surface area contributed by atoms with Crippen LogP contribution < -0.4 is 0 Å². The molecular formula is C13H21F3O5S. The summed E-state index contributed by atoms with van der Waals surface area (Å²) < 4.78 is 67.1. The van der Waals surface area contributed by atoms with Gasteiger partial charge in [0.05, 0.1) is 19.1 Å². The number of esters is 1. The Kier molecular flexibility index (Phi) is 7.11. The van der Waals surface area contributed by atoms with Gasteiger partial charge in [0.2, 0.25) is 0 Å². The van der Waals surface area contributed by atoms with Gasteiger partial charge in [-0.1, -0.05) is 13.3 Å². The number of hydrogen-bond donors (Lipinski definition) is 0. The van der Waals surface area contributed by atoms with Gasteiger partial charge in [0, 0.05) is 0 Å². The molecule has 0 radical (unpaired) electrons. The second-order valence-corrected chi connectivity index (χ2v) is 7.03. The molecule has 1 rings (SSSR count). The van der Waals surface area contributed by atoms with Gasteiger partial charge < -0.3 is 4.74 Å². The number of rotatable bonds is 7. The summed E-state index contributed by atoms with van der Waals surface area (Å²) in [7, 11) is -5.53. The average Bonchev–Trinajstić information content (AvgIpc) is 2.44. The Morgan fingerprint density at radius 2 is 1.77 bits per heavy atom. The zero-order chi connectivity index (χ0) is 16.8. The van der Waals surface area contributed by atoms with E-state index in [2.05, 4.69) is 4.18 Å². The summed E-state index contributed by atoms with van der Waals surface area (Å²) in [5, 5.41) is 0. The first-order valence-electron chi connectivity index (χ1n) is 7.29. The van der Waals surface area contributed by atoms with Gasteiger partial charge in [-0.25, -0.2) is 0 Å². The fraction of sp³-hybridized carbons (Fsp3) is 0.923. The maximum Gasteiger partial charge on any atom is 0.523 e. The first kappa shape index (κ1) is 19.2. The van der Waals surface area contributed by atoms with E-state index < -0.39 is 22.2 Å². The van der Waals surface area contributed by atoms with Crippen molar-refractivity contribution in [1.82, 2.24) is 0 Å². The molecular weight excluding hydrogens is 325 g/mol. The van der Waals surface area contributed by atoms with Crippen molar-refractivity contribution in [2.75, 3.05) is 13.2 Å². The average molecular weight is 346 g/mol. The van der Waals surface area contributed by atoms with Crippen LogP contribution in [0.15, 0.2) is 0 Å². The van der Waals surface area contributed by atoms with Gasteiger partial charge in [0.25, 0.3) is 0 Å². The van der Waals surface area contributed by atoms with Gasteiger partial charge in [-0.05, 0) is 38.0 Å². The Hall–Kier alpha value is -0.830. The van der Waals surface area contributed by atoms with Crippen LogP contribution in [-0.4, -0.2) is 33.1 Å². The molecule has 9 heteroatoms. The van der Waals surface area contributed by atoms with E-state index in [0.29, 0.717) is 32.3 Å². The monoisotopic (exact) mass is 346 g/mol. The first-order chi connectivity index (χ1) is 10.2. The van der Waals surface area contributed by atoms with Gasteiger partial charge >= 0.3 is 21.6 Å². The second-order valence-electron chi connectivity index (χ2n) is 5.42. The summed E-state index contributed by atoms with van der Waals surface area (Å²) in [6.07, 6.45) is 3.56. The Labute approximate surface area is 128 Å². The second kappa shape index (κ2) is 8.14. The highest BCUT2D eigenvalue weighted by atomic mass is 32.2. The van der Waals surface area contributed by atoms with E-state index in [1.807, 2.05) is 6.92 Å². The quantitative estimate of drug-likeness (QED) is 0.307. The van der Waals surface area contributed by atoms with Crippen LogP contribution in [0.2, 0.25) is 0 Å². The summed E-state index contributed by atoms with van der Waals surface area (Å²) >= 11 is 0. The summed E-state index contributed by atoms with van der Waals surface area (Å²) in [6, 6.07) is 0. The Bertz CT molecular complexity index is 453. The molecule has 0 N–H and O–H groups in total. The van der Waals surface area contributed by atoms with Gasteiger partial charge in [-0.2, -0.15) is 21.6 Å². The van der Waals surface area contributed by atoms with Gasteiger partial charge in [0.1, 0.15) is 0 Å². The SMILES string of the molecule is CCCCOC(=O)[C@H]1CC[C@@H](COS(=O)(=O)C(F)(F)F)CC1. The molecule has 0 aromatic rings. The first-order valence-corrected chi connectivity index (χ1v) is 8.70. The lowest BCUT2D eigenvalue weighted by molar-refractivity contribution is -0.150. The number of carbonyl (C=O) groups is 1. The van der Waals surface area contributed by atoms with E-state index in [-0.39, 0.29) is 17.8 Å². The fourth-order valence-corrected chi connectivity index (χ4v) is 2.76. The van der Waals surface area contributed by atoms with Gasteiger partial charge in [-0.15, -0.1) is 0 Å². The molecule has 22 heavy (non-hydrogen) atoms. The van der Waals surface area contributed by atoms with Crippen LogP contribution in [0.1, 0.15) is 45.4 Å². The van der Waals surface area contributed by atoms with Crippen LogP contribution in [0.3, 0.4) is 0 Å². The van der Waals surface area contributed by atoms with E-state index in [1.54, 1.807) is 0 Å². The maximum atomic E-state index is 12.1. The van der Waals surface area contributed by atoms with Crippen molar-refractivity contribution < 1.29 is 35.3 Å². The maximum absolute atomic E-state index is 12.1. The molecule has 0 unspecified atom stereocenters. The van der Waals surface area contributed by atoms with Crippen LogP contribution in [0, 0.1) is 11.8 Å². The fourth-order valence-electron chi connectivity index (χ4n) is 2.25. The van der Waals surface area contributed by atoms with Gasteiger partial charge in [0.15, 0.2) is 0 Å². The van der Waals surface area contributed by atoms with E-state index in [1.165, 1.54) is 0 Å². The lowest BCUT2D eigenvalue weighted by Gasteiger charge is -2.26. The number of halogens is 3. The van der Waals surface area contributed by atoms with Crippen molar-refractivity contribution in [3.63, 3.8) is 0 Å². The number of ether oxygens (including phenoxy) is 1. The predicted octanol–water partition coefficient (Wildman–Crippen LogP) is 3.00. The Morgan fingerprint density at radius 1 is 1.18 bits per heavy atom. The smallest absolute Gasteiger partial charge is 0.465 e.